The van der Waals surface area contributed by atoms with Crippen LogP contribution >= 0.6 is 23.2 Å². The first-order chi connectivity index (χ1) is 15.8. The van der Waals surface area contributed by atoms with E-state index in [4.69, 9.17) is 32.7 Å². The summed E-state index contributed by atoms with van der Waals surface area (Å²) in [6.07, 6.45) is 4.56. The van der Waals surface area contributed by atoms with Gasteiger partial charge < -0.3 is 19.7 Å². The molecule has 2 fully saturated rings. The van der Waals surface area contributed by atoms with Gasteiger partial charge in [0.1, 0.15) is 11.5 Å². The standard InChI is InChI=1S/C22H33Cl2N3O5S/c1-2-3-4-6-17-13-26(10-9-25-17)21(28)16-32-15-18-14-31-12-11-27(18)33(29,30)22-19(23)7-5-8-20(22)24/h5,7-8,17-18,25H,2-4,6,9-16H2,1H3/t17?,18-/m0/s1. The van der Waals surface area contributed by atoms with Gasteiger partial charge in [-0.05, 0) is 18.6 Å². The lowest BCUT2D eigenvalue weighted by atomic mass is 10.1. The lowest BCUT2D eigenvalue weighted by Gasteiger charge is -2.35. The van der Waals surface area contributed by atoms with E-state index < -0.39 is 16.1 Å². The van der Waals surface area contributed by atoms with Crippen molar-refractivity contribution < 1.29 is 22.7 Å². The molecule has 1 amide bonds. The smallest absolute Gasteiger partial charge is 0.248 e. The number of rotatable bonds is 10. The maximum absolute atomic E-state index is 13.3. The molecule has 2 aliphatic heterocycles. The largest absolute Gasteiger partial charge is 0.378 e. The topological polar surface area (TPSA) is 88.2 Å². The van der Waals surface area contributed by atoms with Crippen molar-refractivity contribution in [1.82, 2.24) is 14.5 Å². The number of unbranched alkanes of at least 4 members (excludes halogenated alkanes) is 2. The van der Waals surface area contributed by atoms with Crippen LogP contribution in [0.1, 0.15) is 32.6 Å². The van der Waals surface area contributed by atoms with Crippen molar-refractivity contribution in [3.8, 4) is 0 Å². The number of ether oxygens (including phenoxy) is 2. The number of carbonyl (C=O) groups is 1. The van der Waals surface area contributed by atoms with Crippen molar-refractivity contribution in [2.45, 2.75) is 49.6 Å². The number of nitrogens with zero attached hydrogens (tertiary/aromatic N) is 2. The van der Waals surface area contributed by atoms with Gasteiger partial charge in [0.2, 0.25) is 15.9 Å². The number of piperazine rings is 1. The first kappa shape index (κ1) is 26.7. The molecule has 0 saturated carbocycles. The molecule has 2 atom stereocenters. The Morgan fingerprint density at radius 3 is 2.73 bits per heavy atom. The number of morpholine rings is 1. The Balaban J connectivity index is 1.56. The quantitative estimate of drug-likeness (QED) is 0.476. The normalized spacial score (nSPS) is 22.5. The minimum atomic E-state index is -3.96. The Labute approximate surface area is 206 Å². The fourth-order valence-corrected chi connectivity index (χ4v) is 6.87. The first-order valence-electron chi connectivity index (χ1n) is 11.5. The van der Waals surface area contributed by atoms with Crippen LogP contribution in [0.15, 0.2) is 23.1 Å². The zero-order valence-electron chi connectivity index (χ0n) is 19.0. The third-order valence-corrected chi connectivity index (χ3v) is 8.87. The highest BCUT2D eigenvalue weighted by Crippen LogP contribution is 2.33. The number of hydrogen-bond donors (Lipinski definition) is 1. The minimum absolute atomic E-state index is 0.0407. The van der Waals surface area contributed by atoms with Crippen LogP contribution in [0.4, 0.5) is 0 Å². The Bertz CT molecular complexity index is 882. The van der Waals surface area contributed by atoms with Crippen LogP contribution in [0.25, 0.3) is 0 Å². The second-order valence-electron chi connectivity index (χ2n) is 8.40. The van der Waals surface area contributed by atoms with Crippen molar-refractivity contribution in [3.05, 3.63) is 28.2 Å². The predicted octanol–water partition coefficient (Wildman–Crippen LogP) is 2.78. The zero-order valence-corrected chi connectivity index (χ0v) is 21.3. The molecule has 2 heterocycles. The molecule has 3 rings (SSSR count). The molecule has 0 bridgehead atoms. The average molecular weight is 522 g/mol. The van der Waals surface area contributed by atoms with Crippen LogP contribution in [-0.4, -0.2) is 88.2 Å². The maximum Gasteiger partial charge on any atom is 0.248 e. The van der Waals surface area contributed by atoms with Crippen LogP contribution in [-0.2, 0) is 24.3 Å². The Hall–Kier alpha value is -0.940. The van der Waals surface area contributed by atoms with Crippen molar-refractivity contribution >= 4 is 39.1 Å². The van der Waals surface area contributed by atoms with Gasteiger partial charge in [0.25, 0.3) is 0 Å². The molecular formula is C22H33Cl2N3O5S. The van der Waals surface area contributed by atoms with E-state index in [2.05, 4.69) is 12.2 Å². The number of sulfonamides is 1. The highest BCUT2D eigenvalue weighted by molar-refractivity contribution is 7.89. The number of carbonyl (C=O) groups excluding carboxylic acids is 1. The summed E-state index contributed by atoms with van der Waals surface area (Å²) in [6.45, 7) is 4.78. The summed E-state index contributed by atoms with van der Waals surface area (Å²) in [5.74, 6) is -0.0859. The molecule has 186 valence electrons. The van der Waals surface area contributed by atoms with Crippen LogP contribution in [0.5, 0.6) is 0 Å². The van der Waals surface area contributed by atoms with Gasteiger partial charge in [-0.2, -0.15) is 4.31 Å². The summed E-state index contributed by atoms with van der Waals surface area (Å²) < 4.78 is 39.1. The maximum atomic E-state index is 13.3. The lowest BCUT2D eigenvalue weighted by Crippen LogP contribution is -2.54. The first-order valence-corrected chi connectivity index (χ1v) is 13.7. The monoisotopic (exact) mass is 521 g/mol. The third kappa shape index (κ3) is 7.04. The summed E-state index contributed by atoms with van der Waals surface area (Å²) in [4.78, 5) is 14.4. The number of benzene rings is 1. The van der Waals surface area contributed by atoms with Gasteiger partial charge in [-0.25, -0.2) is 8.42 Å². The molecule has 33 heavy (non-hydrogen) atoms. The van der Waals surface area contributed by atoms with Crippen molar-refractivity contribution in [3.63, 3.8) is 0 Å². The Kier molecular flexibility index (Phi) is 10.2. The van der Waals surface area contributed by atoms with Crippen molar-refractivity contribution in [1.29, 1.82) is 0 Å². The summed E-state index contributed by atoms with van der Waals surface area (Å²) in [6, 6.07) is 4.32. The summed E-state index contributed by atoms with van der Waals surface area (Å²) in [5, 5.41) is 3.60. The third-order valence-electron chi connectivity index (χ3n) is 5.96. The van der Waals surface area contributed by atoms with Gasteiger partial charge in [-0.15, -0.1) is 0 Å². The number of amides is 1. The molecule has 2 aliphatic rings. The molecule has 1 aromatic carbocycles. The SMILES string of the molecule is CCCCCC1CN(C(=O)COC[C@@H]2COCCN2S(=O)(=O)c2c(Cl)cccc2Cl)CCN1. The van der Waals surface area contributed by atoms with Crippen LogP contribution in [0.2, 0.25) is 10.0 Å². The Morgan fingerprint density at radius 2 is 2.00 bits per heavy atom. The fraction of sp³-hybridized carbons (Fsp3) is 0.682. The number of nitrogens with one attached hydrogen (secondary N) is 1. The van der Waals surface area contributed by atoms with E-state index >= 15 is 0 Å². The van der Waals surface area contributed by atoms with Crippen LogP contribution in [0.3, 0.4) is 0 Å². The van der Waals surface area contributed by atoms with Gasteiger partial charge in [-0.1, -0.05) is 55.5 Å². The van der Waals surface area contributed by atoms with E-state index in [0.29, 0.717) is 19.1 Å². The molecule has 1 aromatic rings. The van der Waals surface area contributed by atoms with E-state index in [0.717, 1.165) is 19.4 Å². The molecule has 1 N–H and O–H groups in total. The summed E-state index contributed by atoms with van der Waals surface area (Å²) >= 11 is 12.3. The molecule has 0 aromatic heterocycles. The molecule has 0 aliphatic carbocycles. The van der Waals surface area contributed by atoms with Crippen LogP contribution in [0, 0.1) is 0 Å². The molecule has 11 heteroatoms. The fourth-order valence-electron chi connectivity index (χ4n) is 4.19. The Morgan fingerprint density at radius 1 is 1.24 bits per heavy atom. The van der Waals surface area contributed by atoms with Gasteiger partial charge in [0.05, 0.1) is 35.9 Å². The molecule has 2 saturated heterocycles. The summed E-state index contributed by atoms with van der Waals surface area (Å²) in [7, 11) is -3.96. The molecule has 0 spiro atoms. The molecule has 1 unspecified atom stereocenters. The van der Waals surface area contributed by atoms with Gasteiger partial charge in [-0.3, -0.25) is 4.79 Å². The molecule has 0 radical (unpaired) electrons. The zero-order chi connectivity index (χ0) is 23.8. The van der Waals surface area contributed by atoms with Gasteiger partial charge in [0, 0.05) is 32.2 Å². The van der Waals surface area contributed by atoms with Gasteiger partial charge >= 0.3 is 0 Å². The molecular weight excluding hydrogens is 489 g/mol. The highest BCUT2D eigenvalue weighted by Gasteiger charge is 2.37. The van der Waals surface area contributed by atoms with E-state index in [1.54, 1.807) is 6.07 Å². The number of hydrogen-bond acceptors (Lipinski definition) is 6. The van der Waals surface area contributed by atoms with Gasteiger partial charge in [0.15, 0.2) is 0 Å². The van der Waals surface area contributed by atoms with Crippen molar-refractivity contribution in [2.75, 3.05) is 52.6 Å². The van der Waals surface area contributed by atoms with Crippen molar-refractivity contribution in [2.24, 2.45) is 0 Å². The second-order valence-corrected chi connectivity index (χ2v) is 11.0. The summed E-state index contributed by atoms with van der Waals surface area (Å²) in [5.41, 5.74) is 0. The lowest BCUT2D eigenvalue weighted by molar-refractivity contribution is -0.138. The molecule has 8 nitrogen and oxygen atoms in total. The minimum Gasteiger partial charge on any atom is -0.378 e. The highest BCUT2D eigenvalue weighted by atomic mass is 35.5. The second kappa shape index (κ2) is 12.7. The van der Waals surface area contributed by atoms with E-state index in [9.17, 15) is 13.2 Å². The van der Waals surface area contributed by atoms with Crippen LogP contribution < -0.4 is 5.32 Å². The van der Waals surface area contributed by atoms with E-state index in [1.807, 2.05) is 4.90 Å². The average Bonchev–Trinajstić information content (AvgIpc) is 2.79. The van der Waals surface area contributed by atoms with E-state index in [1.165, 1.54) is 29.3 Å². The predicted molar refractivity (Wildman–Crippen MR) is 128 cm³/mol. The van der Waals surface area contributed by atoms with E-state index in [-0.39, 0.29) is 53.8 Å². The number of halogens is 2.